The highest BCUT2D eigenvalue weighted by atomic mass is 79.9. The lowest BCUT2D eigenvalue weighted by Crippen LogP contribution is -2.03. The van der Waals surface area contributed by atoms with Gasteiger partial charge in [0.25, 0.3) is 0 Å². The SMILES string of the molecule is CCOc1ccc(CC(C)CBr)cc1OCC. The van der Waals surface area contributed by atoms with Crippen LogP contribution in [0.5, 0.6) is 11.5 Å². The van der Waals surface area contributed by atoms with Crippen molar-refractivity contribution in [3.8, 4) is 11.5 Å². The van der Waals surface area contributed by atoms with Crippen molar-refractivity contribution in [3.05, 3.63) is 23.8 Å². The Morgan fingerprint density at radius 3 is 2.35 bits per heavy atom. The van der Waals surface area contributed by atoms with Crippen LogP contribution in [0.25, 0.3) is 0 Å². The number of halogens is 1. The Bertz CT molecular complexity index is 339. The van der Waals surface area contributed by atoms with E-state index in [0.29, 0.717) is 19.1 Å². The minimum absolute atomic E-state index is 0.627. The number of alkyl halides is 1. The standard InChI is InChI=1S/C14H21BrO2/c1-4-16-13-7-6-12(8-11(3)10-15)9-14(13)17-5-2/h6-7,9,11H,4-5,8,10H2,1-3H3. The largest absolute Gasteiger partial charge is 0.490 e. The van der Waals surface area contributed by atoms with E-state index in [2.05, 4.69) is 35.0 Å². The molecule has 0 radical (unpaired) electrons. The molecule has 0 aliphatic carbocycles. The van der Waals surface area contributed by atoms with Gasteiger partial charge in [-0.15, -0.1) is 0 Å². The Kier molecular flexibility index (Phi) is 6.41. The fraction of sp³-hybridized carbons (Fsp3) is 0.571. The van der Waals surface area contributed by atoms with Crippen molar-refractivity contribution in [2.24, 2.45) is 5.92 Å². The van der Waals surface area contributed by atoms with Crippen LogP contribution < -0.4 is 9.47 Å². The molecule has 17 heavy (non-hydrogen) atoms. The fourth-order valence-electron chi connectivity index (χ4n) is 1.68. The van der Waals surface area contributed by atoms with E-state index in [1.54, 1.807) is 0 Å². The average molecular weight is 301 g/mol. The first-order valence-electron chi connectivity index (χ1n) is 6.15. The highest BCUT2D eigenvalue weighted by Gasteiger charge is 2.08. The molecule has 0 spiro atoms. The molecule has 0 aliphatic rings. The van der Waals surface area contributed by atoms with Crippen molar-refractivity contribution in [2.45, 2.75) is 27.2 Å². The smallest absolute Gasteiger partial charge is 0.161 e. The third-order valence-electron chi connectivity index (χ3n) is 2.46. The molecule has 1 unspecified atom stereocenters. The second-order valence-corrected chi connectivity index (χ2v) is 4.76. The second kappa shape index (κ2) is 7.59. The molecule has 3 heteroatoms. The van der Waals surface area contributed by atoms with Crippen molar-refractivity contribution in [3.63, 3.8) is 0 Å². The van der Waals surface area contributed by atoms with Gasteiger partial charge in [0.15, 0.2) is 11.5 Å². The van der Waals surface area contributed by atoms with Crippen molar-refractivity contribution < 1.29 is 9.47 Å². The maximum atomic E-state index is 5.61. The maximum absolute atomic E-state index is 5.61. The van der Waals surface area contributed by atoms with Gasteiger partial charge >= 0.3 is 0 Å². The lowest BCUT2D eigenvalue weighted by molar-refractivity contribution is 0.287. The molecule has 0 bridgehead atoms. The van der Waals surface area contributed by atoms with Gasteiger partial charge in [0.2, 0.25) is 0 Å². The zero-order valence-corrected chi connectivity index (χ0v) is 12.4. The van der Waals surface area contributed by atoms with Gasteiger partial charge in [0, 0.05) is 5.33 Å². The van der Waals surface area contributed by atoms with Crippen molar-refractivity contribution in [2.75, 3.05) is 18.5 Å². The molecule has 1 atom stereocenters. The highest BCUT2D eigenvalue weighted by molar-refractivity contribution is 9.09. The molecule has 1 rings (SSSR count). The normalized spacial score (nSPS) is 12.2. The summed E-state index contributed by atoms with van der Waals surface area (Å²) in [6.07, 6.45) is 1.05. The lowest BCUT2D eigenvalue weighted by atomic mass is 10.0. The molecule has 0 saturated heterocycles. The van der Waals surface area contributed by atoms with Gasteiger partial charge in [0.05, 0.1) is 13.2 Å². The van der Waals surface area contributed by atoms with Crippen LogP contribution in [0, 0.1) is 5.92 Å². The van der Waals surface area contributed by atoms with Crippen LogP contribution >= 0.6 is 15.9 Å². The molecule has 0 N–H and O–H groups in total. The quantitative estimate of drug-likeness (QED) is 0.707. The summed E-state index contributed by atoms with van der Waals surface area (Å²) in [6, 6.07) is 6.21. The molecule has 0 amide bonds. The molecule has 0 heterocycles. The Hall–Kier alpha value is -0.700. The lowest BCUT2D eigenvalue weighted by Gasteiger charge is -2.13. The van der Waals surface area contributed by atoms with Crippen LogP contribution in [0.4, 0.5) is 0 Å². The van der Waals surface area contributed by atoms with Gasteiger partial charge in [-0.25, -0.2) is 0 Å². The van der Waals surface area contributed by atoms with E-state index in [1.807, 2.05) is 19.9 Å². The van der Waals surface area contributed by atoms with Crippen LogP contribution in [-0.4, -0.2) is 18.5 Å². The fourth-order valence-corrected chi connectivity index (χ4v) is 1.91. The van der Waals surface area contributed by atoms with Crippen LogP contribution in [0.3, 0.4) is 0 Å². The minimum Gasteiger partial charge on any atom is -0.490 e. The number of rotatable bonds is 7. The predicted molar refractivity (Wildman–Crippen MR) is 75.4 cm³/mol. The highest BCUT2D eigenvalue weighted by Crippen LogP contribution is 2.29. The zero-order chi connectivity index (χ0) is 12.7. The molecule has 1 aromatic rings. The molecule has 2 nitrogen and oxygen atoms in total. The monoisotopic (exact) mass is 300 g/mol. The van der Waals surface area contributed by atoms with E-state index < -0.39 is 0 Å². The summed E-state index contributed by atoms with van der Waals surface area (Å²) in [5.74, 6) is 2.32. The van der Waals surface area contributed by atoms with E-state index in [0.717, 1.165) is 23.2 Å². The van der Waals surface area contributed by atoms with Gasteiger partial charge < -0.3 is 9.47 Å². The Labute approximate surface area is 112 Å². The summed E-state index contributed by atoms with van der Waals surface area (Å²) in [4.78, 5) is 0. The van der Waals surface area contributed by atoms with E-state index in [1.165, 1.54) is 5.56 Å². The van der Waals surface area contributed by atoms with Gasteiger partial charge in [-0.2, -0.15) is 0 Å². The Morgan fingerprint density at radius 2 is 1.76 bits per heavy atom. The molecule has 1 aromatic carbocycles. The van der Waals surface area contributed by atoms with Gasteiger partial charge in [-0.05, 0) is 43.9 Å². The number of ether oxygens (including phenoxy) is 2. The summed E-state index contributed by atoms with van der Waals surface area (Å²) in [5, 5.41) is 1.02. The number of hydrogen-bond acceptors (Lipinski definition) is 2. The number of benzene rings is 1. The van der Waals surface area contributed by atoms with Crippen molar-refractivity contribution in [1.82, 2.24) is 0 Å². The molecule has 0 fully saturated rings. The van der Waals surface area contributed by atoms with E-state index >= 15 is 0 Å². The summed E-state index contributed by atoms with van der Waals surface area (Å²) in [7, 11) is 0. The first kappa shape index (κ1) is 14.4. The molecular weight excluding hydrogens is 280 g/mol. The Morgan fingerprint density at radius 1 is 1.12 bits per heavy atom. The summed E-state index contributed by atoms with van der Waals surface area (Å²) < 4.78 is 11.2. The van der Waals surface area contributed by atoms with Crippen LogP contribution in [0.15, 0.2) is 18.2 Å². The first-order chi connectivity index (χ1) is 8.21. The summed E-state index contributed by atoms with van der Waals surface area (Å²) in [5.41, 5.74) is 1.30. The zero-order valence-electron chi connectivity index (χ0n) is 10.8. The average Bonchev–Trinajstić information content (AvgIpc) is 2.33. The van der Waals surface area contributed by atoms with Crippen LogP contribution in [0.2, 0.25) is 0 Å². The number of hydrogen-bond donors (Lipinski definition) is 0. The third-order valence-corrected chi connectivity index (χ3v) is 3.56. The molecule has 96 valence electrons. The van der Waals surface area contributed by atoms with Crippen LogP contribution in [0.1, 0.15) is 26.3 Å². The maximum Gasteiger partial charge on any atom is 0.161 e. The summed E-state index contributed by atoms with van der Waals surface area (Å²) in [6.45, 7) is 7.53. The van der Waals surface area contributed by atoms with Gasteiger partial charge in [-0.3, -0.25) is 0 Å². The van der Waals surface area contributed by atoms with Gasteiger partial charge in [-0.1, -0.05) is 28.9 Å². The first-order valence-corrected chi connectivity index (χ1v) is 7.27. The van der Waals surface area contributed by atoms with Gasteiger partial charge in [0.1, 0.15) is 0 Å². The minimum atomic E-state index is 0.627. The van der Waals surface area contributed by atoms with Crippen molar-refractivity contribution >= 4 is 15.9 Å². The molecule has 0 saturated carbocycles. The van der Waals surface area contributed by atoms with E-state index in [4.69, 9.17) is 9.47 Å². The molecule has 0 aliphatic heterocycles. The third kappa shape index (κ3) is 4.58. The van der Waals surface area contributed by atoms with Crippen LogP contribution in [-0.2, 0) is 6.42 Å². The van der Waals surface area contributed by atoms with E-state index in [9.17, 15) is 0 Å². The summed E-state index contributed by atoms with van der Waals surface area (Å²) >= 11 is 3.50. The topological polar surface area (TPSA) is 18.5 Å². The second-order valence-electron chi connectivity index (χ2n) is 4.11. The molecule has 0 aromatic heterocycles. The predicted octanol–water partition coefficient (Wildman–Crippen LogP) is 4.06. The van der Waals surface area contributed by atoms with E-state index in [-0.39, 0.29) is 0 Å². The van der Waals surface area contributed by atoms with Crippen molar-refractivity contribution in [1.29, 1.82) is 0 Å². The Balaban J connectivity index is 2.84. The molecular formula is C14H21BrO2.